The lowest BCUT2D eigenvalue weighted by atomic mass is 10.1. The van der Waals surface area contributed by atoms with Gasteiger partial charge in [-0.05, 0) is 53.6 Å². The molecule has 0 radical (unpaired) electrons. The van der Waals surface area contributed by atoms with Crippen molar-refractivity contribution in [1.82, 2.24) is 14.9 Å². The molecule has 0 spiro atoms. The van der Waals surface area contributed by atoms with Crippen LogP contribution in [0.25, 0.3) is 21.7 Å². The number of nitrogens with zero attached hydrogens (tertiary/aromatic N) is 2. The van der Waals surface area contributed by atoms with Crippen molar-refractivity contribution in [2.75, 3.05) is 5.73 Å². The third-order valence-corrected chi connectivity index (χ3v) is 4.64. The topological polar surface area (TPSA) is 72.9 Å². The van der Waals surface area contributed by atoms with Gasteiger partial charge in [-0.1, -0.05) is 18.2 Å². The number of amides is 1. The van der Waals surface area contributed by atoms with E-state index in [1.54, 1.807) is 6.20 Å². The minimum Gasteiger partial charge on any atom is -0.384 e. The van der Waals surface area contributed by atoms with Crippen molar-refractivity contribution < 1.29 is 4.79 Å². The predicted molar refractivity (Wildman–Crippen MR) is 105 cm³/mol. The second-order valence-corrected chi connectivity index (χ2v) is 6.35. The Morgan fingerprint density at radius 1 is 1.08 bits per heavy atom. The van der Waals surface area contributed by atoms with Gasteiger partial charge in [-0.15, -0.1) is 0 Å². The van der Waals surface area contributed by atoms with Gasteiger partial charge in [0.1, 0.15) is 5.82 Å². The zero-order chi connectivity index (χ0) is 18.1. The maximum atomic E-state index is 12.5. The van der Waals surface area contributed by atoms with E-state index in [0.717, 1.165) is 33.8 Å². The van der Waals surface area contributed by atoms with E-state index in [0.29, 0.717) is 17.9 Å². The molecule has 4 rings (SSSR count). The second-order valence-electron chi connectivity index (χ2n) is 6.35. The minimum atomic E-state index is -0.0775. The van der Waals surface area contributed by atoms with Gasteiger partial charge in [-0.3, -0.25) is 4.79 Å². The summed E-state index contributed by atoms with van der Waals surface area (Å²) in [4.78, 5) is 16.7. The van der Waals surface area contributed by atoms with E-state index in [-0.39, 0.29) is 5.91 Å². The molecule has 0 aliphatic carbocycles. The highest BCUT2D eigenvalue weighted by Gasteiger charge is 2.08. The minimum absolute atomic E-state index is 0.0775. The third-order valence-electron chi connectivity index (χ3n) is 4.64. The van der Waals surface area contributed by atoms with Crippen LogP contribution in [-0.2, 0) is 13.1 Å². The fraction of sp³-hybridized carbons (Fsp3) is 0.143. The zero-order valence-electron chi connectivity index (χ0n) is 14.6. The molecule has 0 atom stereocenters. The van der Waals surface area contributed by atoms with Gasteiger partial charge in [0.15, 0.2) is 0 Å². The quantitative estimate of drug-likeness (QED) is 0.592. The van der Waals surface area contributed by atoms with Gasteiger partial charge in [-0.25, -0.2) is 4.98 Å². The van der Waals surface area contributed by atoms with Crippen LogP contribution in [0.4, 0.5) is 5.82 Å². The molecule has 1 amide bonds. The summed E-state index contributed by atoms with van der Waals surface area (Å²) < 4.78 is 2.13. The van der Waals surface area contributed by atoms with Gasteiger partial charge < -0.3 is 15.6 Å². The smallest absolute Gasteiger partial charge is 0.251 e. The standard InChI is InChI=1S/C21H20N4O/c1-2-25-8-7-15-5-6-17(10-19(15)25)21(26)24-12-14-3-4-16-11-20(22)23-13-18(16)9-14/h3-11,13H,2,12H2,1H3,(H2,22,23)(H,24,26). The lowest BCUT2D eigenvalue weighted by Gasteiger charge is -2.08. The number of nitrogens with two attached hydrogens (primary N) is 1. The molecule has 0 unspecified atom stereocenters. The Labute approximate surface area is 151 Å². The number of hydrogen-bond acceptors (Lipinski definition) is 3. The first-order chi connectivity index (χ1) is 12.6. The number of anilines is 1. The summed E-state index contributed by atoms with van der Waals surface area (Å²) in [5, 5.41) is 6.18. The molecule has 5 nitrogen and oxygen atoms in total. The van der Waals surface area contributed by atoms with E-state index >= 15 is 0 Å². The predicted octanol–water partition coefficient (Wildman–Crippen LogP) is 3.72. The Morgan fingerprint density at radius 3 is 2.77 bits per heavy atom. The van der Waals surface area contributed by atoms with Crippen LogP contribution in [0.15, 0.2) is 60.9 Å². The first-order valence-electron chi connectivity index (χ1n) is 8.65. The van der Waals surface area contributed by atoms with Gasteiger partial charge in [0, 0.05) is 41.9 Å². The van der Waals surface area contributed by atoms with Crippen LogP contribution in [0.2, 0.25) is 0 Å². The van der Waals surface area contributed by atoms with Crippen molar-refractivity contribution in [2.45, 2.75) is 20.0 Å². The van der Waals surface area contributed by atoms with Gasteiger partial charge in [0.2, 0.25) is 0 Å². The summed E-state index contributed by atoms with van der Waals surface area (Å²) in [6, 6.07) is 15.7. The van der Waals surface area contributed by atoms with E-state index in [1.165, 1.54) is 0 Å². The molecule has 2 aromatic heterocycles. The Morgan fingerprint density at radius 2 is 1.92 bits per heavy atom. The molecule has 0 aliphatic rings. The van der Waals surface area contributed by atoms with E-state index in [2.05, 4.69) is 27.9 Å². The molecule has 2 heterocycles. The number of pyridine rings is 1. The van der Waals surface area contributed by atoms with Crippen LogP contribution in [0, 0.1) is 0 Å². The summed E-state index contributed by atoms with van der Waals surface area (Å²) in [6.07, 6.45) is 3.80. The van der Waals surface area contributed by atoms with Crippen LogP contribution < -0.4 is 11.1 Å². The maximum absolute atomic E-state index is 12.5. The van der Waals surface area contributed by atoms with Crippen molar-refractivity contribution >= 4 is 33.4 Å². The number of carbonyl (C=O) groups excluding carboxylic acids is 1. The second kappa shape index (κ2) is 6.52. The largest absolute Gasteiger partial charge is 0.384 e. The molecule has 0 saturated heterocycles. The van der Waals surface area contributed by atoms with Gasteiger partial charge in [-0.2, -0.15) is 0 Å². The summed E-state index contributed by atoms with van der Waals surface area (Å²) in [7, 11) is 0. The van der Waals surface area contributed by atoms with E-state index in [9.17, 15) is 4.79 Å². The van der Waals surface area contributed by atoms with Gasteiger partial charge in [0.25, 0.3) is 5.91 Å². The SMILES string of the molecule is CCn1ccc2ccc(C(=O)NCc3ccc4cc(N)ncc4c3)cc21. The zero-order valence-corrected chi connectivity index (χ0v) is 14.6. The van der Waals surface area contributed by atoms with Crippen LogP contribution in [0.1, 0.15) is 22.8 Å². The Balaban J connectivity index is 1.52. The van der Waals surface area contributed by atoms with Crippen molar-refractivity contribution in [3.63, 3.8) is 0 Å². The lowest BCUT2D eigenvalue weighted by molar-refractivity contribution is 0.0951. The molecule has 26 heavy (non-hydrogen) atoms. The van der Waals surface area contributed by atoms with Crippen molar-refractivity contribution in [2.24, 2.45) is 0 Å². The lowest BCUT2D eigenvalue weighted by Crippen LogP contribution is -2.22. The monoisotopic (exact) mass is 344 g/mol. The molecule has 0 bridgehead atoms. The number of rotatable bonds is 4. The Kier molecular flexibility index (Phi) is 4.05. The average molecular weight is 344 g/mol. The number of carbonyl (C=O) groups is 1. The molecule has 0 saturated carbocycles. The van der Waals surface area contributed by atoms with Crippen molar-refractivity contribution in [3.8, 4) is 0 Å². The molecular weight excluding hydrogens is 324 g/mol. The number of nitrogen functional groups attached to an aromatic ring is 1. The molecule has 3 N–H and O–H groups in total. The number of nitrogens with one attached hydrogen (secondary N) is 1. The van der Waals surface area contributed by atoms with E-state index < -0.39 is 0 Å². The third kappa shape index (κ3) is 2.99. The summed E-state index contributed by atoms with van der Waals surface area (Å²) >= 11 is 0. The molecule has 0 aliphatic heterocycles. The highest BCUT2D eigenvalue weighted by molar-refractivity contribution is 5.98. The fourth-order valence-electron chi connectivity index (χ4n) is 3.20. The van der Waals surface area contributed by atoms with Gasteiger partial charge >= 0.3 is 0 Å². The van der Waals surface area contributed by atoms with E-state index in [4.69, 9.17) is 5.73 Å². The first-order valence-corrected chi connectivity index (χ1v) is 8.65. The fourth-order valence-corrected chi connectivity index (χ4v) is 3.20. The Bertz CT molecular complexity index is 1110. The van der Waals surface area contributed by atoms with Crippen LogP contribution >= 0.6 is 0 Å². The van der Waals surface area contributed by atoms with Crippen molar-refractivity contribution in [3.05, 3.63) is 72.1 Å². The maximum Gasteiger partial charge on any atom is 0.251 e. The van der Waals surface area contributed by atoms with Crippen molar-refractivity contribution in [1.29, 1.82) is 0 Å². The summed E-state index contributed by atoms with van der Waals surface area (Å²) in [5.41, 5.74) is 8.48. The number of hydrogen-bond donors (Lipinski definition) is 2. The molecule has 130 valence electrons. The normalized spacial score (nSPS) is 11.1. The highest BCUT2D eigenvalue weighted by Crippen LogP contribution is 2.19. The van der Waals surface area contributed by atoms with Gasteiger partial charge in [0.05, 0.1) is 0 Å². The van der Waals surface area contributed by atoms with E-state index in [1.807, 2.05) is 48.7 Å². The summed E-state index contributed by atoms with van der Waals surface area (Å²) in [5.74, 6) is 0.428. The number of fused-ring (bicyclic) bond motifs is 2. The average Bonchev–Trinajstić information content (AvgIpc) is 3.08. The number of benzene rings is 2. The highest BCUT2D eigenvalue weighted by atomic mass is 16.1. The first kappa shape index (κ1) is 16.1. The Hall–Kier alpha value is -3.34. The van der Waals surface area contributed by atoms with Crippen LogP contribution in [0.3, 0.4) is 0 Å². The molecule has 5 heteroatoms. The van der Waals surface area contributed by atoms with Crippen LogP contribution in [-0.4, -0.2) is 15.5 Å². The number of aryl methyl sites for hydroxylation is 1. The van der Waals surface area contributed by atoms with Crippen LogP contribution in [0.5, 0.6) is 0 Å². The molecule has 2 aromatic carbocycles. The summed E-state index contributed by atoms with van der Waals surface area (Å²) in [6.45, 7) is 3.44. The number of aromatic nitrogens is 2. The molecular formula is C21H20N4O. The molecule has 4 aromatic rings. The molecule has 0 fully saturated rings.